The van der Waals surface area contributed by atoms with E-state index in [0.29, 0.717) is 6.42 Å². The molecule has 0 spiro atoms. The number of hydrogen-bond acceptors (Lipinski definition) is 2. The highest BCUT2D eigenvalue weighted by atomic mass is 14.8. The number of nitrogens with one attached hydrogen (secondary N) is 1. The number of aromatic nitrogens is 2. The van der Waals surface area contributed by atoms with Gasteiger partial charge in [-0.05, 0) is 23.6 Å². The first-order valence-corrected chi connectivity index (χ1v) is 6.81. The highest BCUT2D eigenvalue weighted by molar-refractivity contribution is 5.84. The third-order valence-corrected chi connectivity index (χ3v) is 3.47. The van der Waals surface area contributed by atoms with Gasteiger partial charge in [0.25, 0.3) is 5.70 Å². The lowest BCUT2D eigenvalue weighted by molar-refractivity contribution is 1.26. The molecule has 4 nitrogen and oxygen atoms in total. The molecule has 0 aliphatic rings. The second-order valence-electron chi connectivity index (χ2n) is 4.82. The minimum Gasteiger partial charge on any atom is -0.346 e. The topological polar surface area (TPSA) is 56.8 Å². The van der Waals surface area contributed by atoms with Crippen LogP contribution in [0.3, 0.4) is 0 Å². The number of benzene rings is 1. The molecular formula is C18H12N4. The molecule has 2 heterocycles. The second-order valence-corrected chi connectivity index (χ2v) is 4.82. The number of rotatable bonds is 3. The summed E-state index contributed by atoms with van der Waals surface area (Å²) in [6.45, 7) is 6.91. The molecule has 1 aromatic carbocycles. The van der Waals surface area contributed by atoms with E-state index in [1.807, 2.05) is 48.8 Å². The van der Waals surface area contributed by atoms with Crippen molar-refractivity contribution < 1.29 is 0 Å². The zero-order valence-electron chi connectivity index (χ0n) is 11.7. The van der Waals surface area contributed by atoms with Crippen molar-refractivity contribution in [1.82, 2.24) is 9.97 Å². The lowest BCUT2D eigenvalue weighted by atomic mass is 10.0. The molecule has 0 radical (unpaired) electrons. The molecule has 0 unspecified atom stereocenters. The monoisotopic (exact) mass is 284 g/mol. The molecule has 0 atom stereocenters. The summed E-state index contributed by atoms with van der Waals surface area (Å²) >= 11 is 0. The van der Waals surface area contributed by atoms with Crippen LogP contribution in [-0.2, 0) is 6.42 Å². The molecule has 0 saturated heterocycles. The Bertz CT molecular complexity index is 905. The van der Waals surface area contributed by atoms with Crippen molar-refractivity contribution in [2.24, 2.45) is 0 Å². The molecule has 0 aliphatic carbocycles. The van der Waals surface area contributed by atoms with E-state index >= 15 is 0 Å². The molecule has 0 amide bonds. The largest absolute Gasteiger partial charge is 0.346 e. The van der Waals surface area contributed by atoms with Crippen molar-refractivity contribution in [2.45, 2.75) is 6.42 Å². The smallest absolute Gasteiger partial charge is 0.258 e. The van der Waals surface area contributed by atoms with Gasteiger partial charge < -0.3 is 4.98 Å². The van der Waals surface area contributed by atoms with Crippen LogP contribution in [0, 0.1) is 17.9 Å². The summed E-state index contributed by atoms with van der Waals surface area (Å²) in [7, 11) is 0. The first kappa shape index (κ1) is 13.6. The number of nitriles is 1. The third kappa shape index (κ3) is 2.59. The van der Waals surface area contributed by atoms with E-state index in [0.717, 1.165) is 27.7 Å². The van der Waals surface area contributed by atoms with E-state index in [9.17, 15) is 0 Å². The van der Waals surface area contributed by atoms with Crippen LogP contribution in [0.25, 0.3) is 27.0 Å². The van der Waals surface area contributed by atoms with Crippen molar-refractivity contribution in [2.75, 3.05) is 0 Å². The maximum Gasteiger partial charge on any atom is 0.258 e. The van der Waals surface area contributed by atoms with Crippen LogP contribution in [0.2, 0.25) is 0 Å². The number of aromatic amines is 1. The summed E-state index contributed by atoms with van der Waals surface area (Å²) in [5.41, 5.74) is 4.10. The van der Waals surface area contributed by atoms with Crippen LogP contribution in [-0.4, -0.2) is 9.97 Å². The van der Waals surface area contributed by atoms with Crippen molar-refractivity contribution in [3.63, 3.8) is 0 Å². The Balaban J connectivity index is 2.02. The maximum atomic E-state index is 8.81. The molecule has 4 heteroatoms. The number of pyridine rings is 1. The van der Waals surface area contributed by atoms with E-state index < -0.39 is 0 Å². The molecular weight excluding hydrogens is 272 g/mol. The number of fused-ring (bicyclic) bond motifs is 1. The maximum absolute atomic E-state index is 8.81. The van der Waals surface area contributed by atoms with E-state index in [2.05, 4.69) is 20.9 Å². The average Bonchev–Trinajstić information content (AvgIpc) is 2.99. The average molecular weight is 284 g/mol. The fraction of sp³-hybridized carbons (Fsp3) is 0.0556. The van der Waals surface area contributed by atoms with Crippen molar-refractivity contribution in [3.8, 4) is 17.2 Å². The molecule has 3 aromatic rings. The SMILES string of the molecule is [C-]#[N+]/C(C#N)=C\Cc1c[nH]c2ncc(-c3ccccc3)cc12. The minimum atomic E-state index is 0.113. The van der Waals surface area contributed by atoms with Gasteiger partial charge in [-0.25, -0.2) is 15.1 Å². The molecule has 0 saturated carbocycles. The Morgan fingerprint density at radius 1 is 1.32 bits per heavy atom. The van der Waals surface area contributed by atoms with E-state index in [1.54, 1.807) is 6.08 Å². The van der Waals surface area contributed by atoms with Gasteiger partial charge in [0.1, 0.15) is 5.65 Å². The summed E-state index contributed by atoms with van der Waals surface area (Å²) in [6, 6.07) is 14.0. The Labute approximate surface area is 128 Å². The van der Waals surface area contributed by atoms with Gasteiger partial charge in [-0.3, -0.25) is 0 Å². The standard InChI is InChI=1S/C18H12N4/c1-20-16(10-19)8-7-14-11-21-18-17(14)9-15(12-22-18)13-5-3-2-4-6-13/h2-6,8-9,11-12H,7H2,(H,21,22)/b16-8-. The molecule has 2 aromatic heterocycles. The zero-order chi connectivity index (χ0) is 15.4. The number of hydrogen-bond donors (Lipinski definition) is 1. The predicted molar refractivity (Wildman–Crippen MR) is 85.5 cm³/mol. The second kappa shape index (κ2) is 5.95. The zero-order valence-corrected chi connectivity index (χ0v) is 11.7. The van der Waals surface area contributed by atoms with E-state index in [-0.39, 0.29) is 5.70 Å². The van der Waals surface area contributed by atoms with Crippen LogP contribution < -0.4 is 0 Å². The molecule has 1 N–H and O–H groups in total. The first-order valence-electron chi connectivity index (χ1n) is 6.81. The Morgan fingerprint density at radius 2 is 2.14 bits per heavy atom. The fourth-order valence-electron chi connectivity index (χ4n) is 2.34. The van der Waals surface area contributed by atoms with E-state index in [4.69, 9.17) is 11.8 Å². The lowest BCUT2D eigenvalue weighted by Crippen LogP contribution is -1.84. The predicted octanol–water partition coefficient (Wildman–Crippen LogP) is 4.10. The fourth-order valence-corrected chi connectivity index (χ4v) is 2.34. The molecule has 22 heavy (non-hydrogen) atoms. The van der Waals surface area contributed by atoms with Crippen LogP contribution in [0.1, 0.15) is 5.56 Å². The van der Waals surface area contributed by atoms with Gasteiger partial charge in [0.05, 0.1) is 12.6 Å². The van der Waals surface area contributed by atoms with Crippen molar-refractivity contribution in [1.29, 1.82) is 5.26 Å². The normalized spacial score (nSPS) is 11.1. The van der Waals surface area contributed by atoms with Crippen LogP contribution >= 0.6 is 0 Å². The minimum absolute atomic E-state index is 0.113. The summed E-state index contributed by atoms with van der Waals surface area (Å²) in [4.78, 5) is 10.7. The van der Waals surface area contributed by atoms with Crippen LogP contribution in [0.5, 0.6) is 0 Å². The lowest BCUT2D eigenvalue weighted by Gasteiger charge is -2.02. The van der Waals surface area contributed by atoms with Gasteiger partial charge in [0.15, 0.2) is 0 Å². The summed E-state index contributed by atoms with van der Waals surface area (Å²) in [5.74, 6) is 0. The quantitative estimate of drug-likeness (QED) is 0.581. The van der Waals surface area contributed by atoms with Gasteiger partial charge in [-0.2, -0.15) is 0 Å². The van der Waals surface area contributed by atoms with Gasteiger partial charge in [-0.15, -0.1) is 0 Å². The number of H-pyrrole nitrogens is 1. The highest BCUT2D eigenvalue weighted by Crippen LogP contribution is 2.25. The number of nitrogens with zero attached hydrogens (tertiary/aromatic N) is 3. The van der Waals surface area contributed by atoms with Crippen LogP contribution in [0.4, 0.5) is 0 Å². The van der Waals surface area contributed by atoms with Crippen molar-refractivity contribution >= 4 is 11.0 Å². The molecule has 104 valence electrons. The van der Waals surface area contributed by atoms with Gasteiger partial charge in [-0.1, -0.05) is 36.4 Å². The summed E-state index contributed by atoms with van der Waals surface area (Å²) in [6.07, 6.45) is 5.89. The highest BCUT2D eigenvalue weighted by Gasteiger charge is 2.06. The molecule has 3 rings (SSSR count). The van der Waals surface area contributed by atoms with Gasteiger partial charge in [0, 0.05) is 23.3 Å². The molecule has 0 bridgehead atoms. The molecule has 0 aliphatic heterocycles. The van der Waals surface area contributed by atoms with Gasteiger partial charge >= 0.3 is 0 Å². The Kier molecular flexibility index (Phi) is 3.68. The van der Waals surface area contributed by atoms with Crippen LogP contribution in [0.15, 0.2) is 60.6 Å². The first-order chi connectivity index (χ1) is 10.8. The van der Waals surface area contributed by atoms with Gasteiger partial charge in [0.2, 0.25) is 0 Å². The summed E-state index contributed by atoms with van der Waals surface area (Å²) < 4.78 is 0. The molecule has 0 fully saturated rings. The third-order valence-electron chi connectivity index (χ3n) is 3.47. The van der Waals surface area contributed by atoms with Crippen molar-refractivity contribution in [3.05, 3.63) is 77.5 Å². The Morgan fingerprint density at radius 3 is 2.86 bits per heavy atom. The number of allylic oxidation sites excluding steroid dienone is 2. The summed E-state index contributed by atoms with van der Waals surface area (Å²) in [5, 5.41) is 9.82. The Hall–Kier alpha value is -3.37. The van der Waals surface area contributed by atoms with E-state index in [1.165, 1.54) is 0 Å².